The minimum Gasteiger partial charge on any atom is -0.469 e. The highest BCUT2D eigenvalue weighted by Gasteiger charge is 2.00. The van der Waals surface area contributed by atoms with E-state index in [4.69, 9.17) is 0 Å². The predicted molar refractivity (Wildman–Crippen MR) is 59.5 cm³/mol. The normalized spacial score (nSPS) is 9.86. The third kappa shape index (κ3) is 3.42. The SMILES string of the molecule is COC(=O)CCc1ccc(CS)cc1. The van der Waals surface area contributed by atoms with E-state index in [-0.39, 0.29) is 5.97 Å². The fourth-order valence-electron chi connectivity index (χ4n) is 1.16. The quantitative estimate of drug-likeness (QED) is 0.609. The molecule has 0 radical (unpaired) electrons. The summed E-state index contributed by atoms with van der Waals surface area (Å²) in [5.74, 6) is 0.584. The Morgan fingerprint density at radius 2 is 1.86 bits per heavy atom. The van der Waals surface area contributed by atoms with Gasteiger partial charge in [-0.2, -0.15) is 12.6 Å². The first kappa shape index (κ1) is 11.1. The Labute approximate surface area is 89.7 Å². The Morgan fingerprint density at radius 1 is 1.29 bits per heavy atom. The van der Waals surface area contributed by atoms with Gasteiger partial charge >= 0.3 is 5.97 Å². The van der Waals surface area contributed by atoms with Gasteiger partial charge in [0.15, 0.2) is 0 Å². The van der Waals surface area contributed by atoms with Crippen LogP contribution in [-0.4, -0.2) is 13.1 Å². The summed E-state index contributed by atoms with van der Waals surface area (Å²) < 4.78 is 4.57. The lowest BCUT2D eigenvalue weighted by Gasteiger charge is -2.01. The van der Waals surface area contributed by atoms with E-state index in [0.717, 1.165) is 17.7 Å². The van der Waals surface area contributed by atoms with E-state index >= 15 is 0 Å². The zero-order chi connectivity index (χ0) is 10.4. The van der Waals surface area contributed by atoms with Gasteiger partial charge in [-0.15, -0.1) is 0 Å². The smallest absolute Gasteiger partial charge is 0.305 e. The van der Waals surface area contributed by atoms with Crippen molar-refractivity contribution in [3.8, 4) is 0 Å². The van der Waals surface area contributed by atoms with Crippen molar-refractivity contribution in [2.45, 2.75) is 18.6 Å². The standard InChI is InChI=1S/C11H14O2S/c1-13-11(12)7-6-9-2-4-10(8-14)5-3-9/h2-5,14H,6-8H2,1H3. The molecule has 0 aliphatic heterocycles. The second-order valence-corrected chi connectivity index (χ2v) is 3.37. The number of methoxy groups -OCH3 is 1. The fraction of sp³-hybridized carbons (Fsp3) is 0.364. The van der Waals surface area contributed by atoms with Gasteiger partial charge in [-0.3, -0.25) is 4.79 Å². The van der Waals surface area contributed by atoms with Crippen molar-refractivity contribution < 1.29 is 9.53 Å². The molecule has 0 aliphatic rings. The topological polar surface area (TPSA) is 26.3 Å². The molecule has 0 atom stereocenters. The van der Waals surface area contributed by atoms with Crippen LogP contribution in [0.5, 0.6) is 0 Å². The number of hydrogen-bond acceptors (Lipinski definition) is 3. The van der Waals surface area contributed by atoms with Crippen molar-refractivity contribution >= 4 is 18.6 Å². The molecule has 14 heavy (non-hydrogen) atoms. The third-order valence-corrected chi connectivity index (χ3v) is 2.42. The van der Waals surface area contributed by atoms with Gasteiger partial charge in [-0.05, 0) is 17.5 Å². The van der Waals surface area contributed by atoms with Crippen LogP contribution in [0.2, 0.25) is 0 Å². The van der Waals surface area contributed by atoms with Gasteiger partial charge in [0.25, 0.3) is 0 Å². The van der Waals surface area contributed by atoms with Gasteiger partial charge < -0.3 is 4.74 Å². The van der Waals surface area contributed by atoms with Crippen LogP contribution in [0.4, 0.5) is 0 Å². The van der Waals surface area contributed by atoms with E-state index in [1.54, 1.807) is 0 Å². The molecule has 0 saturated carbocycles. The van der Waals surface area contributed by atoms with E-state index in [2.05, 4.69) is 17.4 Å². The average molecular weight is 210 g/mol. The molecule has 0 fully saturated rings. The molecule has 0 heterocycles. The molecule has 0 N–H and O–H groups in total. The van der Waals surface area contributed by atoms with Crippen molar-refractivity contribution in [1.29, 1.82) is 0 Å². The van der Waals surface area contributed by atoms with Gasteiger partial charge in [0.1, 0.15) is 0 Å². The predicted octanol–water partition coefficient (Wildman–Crippen LogP) is 2.22. The zero-order valence-electron chi connectivity index (χ0n) is 8.19. The van der Waals surface area contributed by atoms with Crippen LogP contribution in [0.15, 0.2) is 24.3 Å². The molecule has 0 amide bonds. The maximum absolute atomic E-state index is 10.9. The summed E-state index contributed by atoms with van der Waals surface area (Å²) in [5.41, 5.74) is 2.34. The molecular formula is C11H14O2S. The molecule has 1 aromatic rings. The van der Waals surface area contributed by atoms with Crippen LogP contribution >= 0.6 is 12.6 Å². The number of benzene rings is 1. The highest BCUT2D eigenvalue weighted by molar-refractivity contribution is 7.79. The summed E-state index contributed by atoms with van der Waals surface area (Å²) in [6.07, 6.45) is 1.18. The first-order chi connectivity index (χ1) is 6.76. The van der Waals surface area contributed by atoms with Crippen molar-refractivity contribution in [1.82, 2.24) is 0 Å². The molecule has 0 unspecified atom stereocenters. The molecule has 0 saturated heterocycles. The second-order valence-electron chi connectivity index (χ2n) is 3.05. The summed E-state index contributed by atoms with van der Waals surface area (Å²) in [7, 11) is 1.41. The fourth-order valence-corrected chi connectivity index (χ4v) is 1.37. The van der Waals surface area contributed by atoms with Crippen LogP contribution in [-0.2, 0) is 21.7 Å². The number of aryl methyl sites for hydroxylation is 1. The lowest BCUT2D eigenvalue weighted by molar-refractivity contribution is -0.140. The van der Waals surface area contributed by atoms with E-state index in [1.807, 2.05) is 24.3 Å². The Kier molecular flexibility index (Phi) is 4.53. The number of carbonyl (C=O) groups excluding carboxylic acids is 1. The number of esters is 1. The Balaban J connectivity index is 2.47. The number of rotatable bonds is 4. The summed E-state index contributed by atoms with van der Waals surface area (Å²) >= 11 is 4.17. The van der Waals surface area contributed by atoms with Crippen molar-refractivity contribution in [3.63, 3.8) is 0 Å². The molecule has 0 bridgehead atoms. The van der Waals surface area contributed by atoms with E-state index in [1.165, 1.54) is 12.7 Å². The summed E-state index contributed by atoms with van der Waals surface area (Å²) in [6.45, 7) is 0. The maximum Gasteiger partial charge on any atom is 0.305 e. The minimum absolute atomic E-state index is 0.164. The Morgan fingerprint density at radius 3 is 2.36 bits per heavy atom. The first-order valence-electron chi connectivity index (χ1n) is 4.51. The summed E-state index contributed by atoms with van der Waals surface area (Å²) in [6, 6.07) is 8.10. The van der Waals surface area contributed by atoms with E-state index in [0.29, 0.717) is 6.42 Å². The van der Waals surface area contributed by atoms with Crippen molar-refractivity contribution in [2.75, 3.05) is 7.11 Å². The monoisotopic (exact) mass is 210 g/mol. The Hall–Kier alpha value is -0.960. The Bertz CT molecular complexity index is 293. The van der Waals surface area contributed by atoms with Crippen LogP contribution in [0.25, 0.3) is 0 Å². The van der Waals surface area contributed by atoms with Crippen molar-refractivity contribution in [3.05, 3.63) is 35.4 Å². The number of ether oxygens (including phenoxy) is 1. The lowest BCUT2D eigenvalue weighted by atomic mass is 10.1. The van der Waals surface area contributed by atoms with Gasteiger partial charge in [0.05, 0.1) is 7.11 Å². The van der Waals surface area contributed by atoms with Gasteiger partial charge in [0, 0.05) is 12.2 Å². The lowest BCUT2D eigenvalue weighted by Crippen LogP contribution is -2.01. The second kappa shape index (κ2) is 5.70. The third-order valence-electron chi connectivity index (χ3n) is 2.05. The van der Waals surface area contributed by atoms with Crippen LogP contribution in [0.1, 0.15) is 17.5 Å². The maximum atomic E-state index is 10.9. The molecule has 2 nitrogen and oxygen atoms in total. The van der Waals surface area contributed by atoms with E-state index in [9.17, 15) is 4.79 Å². The summed E-state index contributed by atoms with van der Waals surface area (Å²) in [5, 5.41) is 0. The molecule has 1 rings (SSSR count). The number of thiol groups is 1. The van der Waals surface area contributed by atoms with Crippen LogP contribution in [0, 0.1) is 0 Å². The number of carbonyl (C=O) groups is 1. The summed E-state index contributed by atoms with van der Waals surface area (Å²) in [4.78, 5) is 10.9. The van der Waals surface area contributed by atoms with Crippen LogP contribution in [0.3, 0.4) is 0 Å². The average Bonchev–Trinajstić information content (AvgIpc) is 2.26. The molecule has 0 spiro atoms. The van der Waals surface area contributed by atoms with E-state index < -0.39 is 0 Å². The van der Waals surface area contributed by atoms with Gasteiger partial charge in [-0.1, -0.05) is 24.3 Å². The van der Waals surface area contributed by atoms with Gasteiger partial charge in [0.2, 0.25) is 0 Å². The van der Waals surface area contributed by atoms with Crippen LogP contribution < -0.4 is 0 Å². The molecule has 0 aromatic heterocycles. The molecule has 3 heteroatoms. The highest BCUT2D eigenvalue weighted by atomic mass is 32.1. The highest BCUT2D eigenvalue weighted by Crippen LogP contribution is 2.08. The largest absolute Gasteiger partial charge is 0.469 e. The molecular weight excluding hydrogens is 196 g/mol. The molecule has 76 valence electrons. The zero-order valence-corrected chi connectivity index (χ0v) is 9.09. The molecule has 1 aromatic carbocycles. The van der Waals surface area contributed by atoms with Gasteiger partial charge in [-0.25, -0.2) is 0 Å². The molecule has 0 aliphatic carbocycles. The first-order valence-corrected chi connectivity index (χ1v) is 5.15. The number of hydrogen-bond donors (Lipinski definition) is 1. The van der Waals surface area contributed by atoms with Crippen molar-refractivity contribution in [2.24, 2.45) is 0 Å². The minimum atomic E-state index is -0.164.